The number of anilines is 1. The minimum absolute atomic E-state index is 0.0417. The number of hydrogen-bond donors (Lipinski definition) is 0. The SMILES string of the molecule is CCP(=S)(Oc1ccc([N+](=O)[O-])cc1)N(SN(C)C(=O)ON=C(C)SC)c1ccccc1. The number of oxime groups is 1. The lowest BCUT2D eigenvalue weighted by Crippen LogP contribution is -2.27. The second kappa shape index (κ2) is 12.1. The van der Waals surface area contributed by atoms with Crippen LogP contribution in [0.3, 0.4) is 0 Å². The summed E-state index contributed by atoms with van der Waals surface area (Å²) in [7, 11) is 1.55. The van der Waals surface area contributed by atoms with Crippen LogP contribution < -0.4 is 8.60 Å². The Hall–Kier alpha value is -2.27. The van der Waals surface area contributed by atoms with Crippen molar-refractivity contribution in [1.82, 2.24) is 4.31 Å². The monoisotopic (exact) mass is 514 g/mol. The van der Waals surface area contributed by atoms with Gasteiger partial charge in [0.15, 0.2) is 0 Å². The third kappa shape index (κ3) is 7.13. The number of thioether (sulfide) groups is 1. The van der Waals surface area contributed by atoms with Gasteiger partial charge in [0.25, 0.3) is 5.69 Å². The van der Waals surface area contributed by atoms with Crippen molar-refractivity contribution >= 4 is 64.6 Å². The van der Waals surface area contributed by atoms with Gasteiger partial charge in [0.1, 0.15) is 10.8 Å². The van der Waals surface area contributed by atoms with Gasteiger partial charge in [-0.3, -0.25) is 15.0 Å². The van der Waals surface area contributed by atoms with Gasteiger partial charge in [-0.1, -0.05) is 30.3 Å². The molecule has 2 aromatic carbocycles. The second-order valence-corrected chi connectivity index (χ2v) is 12.7. The maximum atomic E-state index is 12.4. The summed E-state index contributed by atoms with van der Waals surface area (Å²) in [5.74, 6) is 0.410. The van der Waals surface area contributed by atoms with Crippen LogP contribution in [-0.4, -0.2) is 39.8 Å². The molecule has 1 atom stereocenters. The molecule has 1 amide bonds. The van der Waals surface area contributed by atoms with E-state index >= 15 is 0 Å². The van der Waals surface area contributed by atoms with Gasteiger partial charge in [0, 0.05) is 25.3 Å². The summed E-state index contributed by atoms with van der Waals surface area (Å²) in [5.41, 5.74) is 0.702. The van der Waals surface area contributed by atoms with Crippen LogP contribution in [0.2, 0.25) is 0 Å². The van der Waals surface area contributed by atoms with Crippen LogP contribution in [0, 0.1) is 10.1 Å². The first-order chi connectivity index (χ1) is 15.2. The van der Waals surface area contributed by atoms with Gasteiger partial charge in [0.05, 0.1) is 22.7 Å². The molecule has 32 heavy (non-hydrogen) atoms. The van der Waals surface area contributed by atoms with Gasteiger partial charge in [-0.15, -0.1) is 11.8 Å². The van der Waals surface area contributed by atoms with E-state index in [-0.39, 0.29) is 5.69 Å². The summed E-state index contributed by atoms with van der Waals surface area (Å²) in [6.07, 6.45) is -1.13. The fourth-order valence-corrected chi connectivity index (χ4v) is 6.29. The Morgan fingerprint density at radius 3 is 2.38 bits per heavy atom. The highest BCUT2D eigenvalue weighted by molar-refractivity contribution is 8.21. The number of non-ortho nitro benzene ring substituents is 1. The molecular formula is C19H23N4O5PS3. The number of hydrogen-bond acceptors (Lipinski definition) is 9. The molecule has 0 aliphatic carbocycles. The average Bonchev–Trinajstić information content (AvgIpc) is 2.81. The van der Waals surface area contributed by atoms with E-state index < -0.39 is 17.4 Å². The minimum atomic E-state index is -2.76. The standard InChI is InChI=1S/C19H23N4O5PS3/c1-5-29(30,28-18-13-11-16(12-14-18)22(25)26)23(17-9-7-6-8-10-17)32-21(3)19(24)27-20-15(2)31-4/h6-14H,5H2,1-4H3. The van der Waals surface area contributed by atoms with Crippen LogP contribution in [0.4, 0.5) is 16.2 Å². The van der Waals surface area contributed by atoms with E-state index in [2.05, 4.69) is 5.16 Å². The highest BCUT2D eigenvalue weighted by Crippen LogP contribution is 2.57. The van der Waals surface area contributed by atoms with Gasteiger partial charge in [-0.05, 0) is 49.3 Å². The number of nitro groups is 1. The van der Waals surface area contributed by atoms with E-state index in [1.807, 2.05) is 43.5 Å². The zero-order valence-corrected chi connectivity index (χ0v) is 21.2. The Bertz CT molecular complexity index is 1010. The minimum Gasteiger partial charge on any atom is -0.448 e. The average molecular weight is 515 g/mol. The highest BCUT2D eigenvalue weighted by atomic mass is 32.5. The fourth-order valence-electron chi connectivity index (χ4n) is 2.21. The third-order valence-corrected chi connectivity index (χ3v) is 10.3. The van der Waals surface area contributed by atoms with Crippen LogP contribution in [0.5, 0.6) is 5.75 Å². The summed E-state index contributed by atoms with van der Waals surface area (Å²) >= 11 is 8.37. The molecule has 0 fully saturated rings. The van der Waals surface area contributed by atoms with Gasteiger partial charge < -0.3 is 4.52 Å². The molecule has 1 unspecified atom stereocenters. The first-order valence-corrected chi connectivity index (χ1v) is 14.1. The zero-order chi connectivity index (χ0) is 23.7. The smallest absolute Gasteiger partial charge is 0.447 e. The number of carbonyl (C=O) groups is 1. The first-order valence-electron chi connectivity index (χ1n) is 9.30. The lowest BCUT2D eigenvalue weighted by atomic mass is 10.3. The summed E-state index contributed by atoms with van der Waals surface area (Å²) in [6.45, 7) is 3.63. The number of nitrogens with zero attached hydrogens (tertiary/aromatic N) is 4. The summed E-state index contributed by atoms with van der Waals surface area (Å²) in [4.78, 5) is 27.8. The van der Waals surface area contributed by atoms with Crippen molar-refractivity contribution in [2.75, 3.05) is 23.5 Å². The molecule has 0 radical (unpaired) electrons. The van der Waals surface area contributed by atoms with Crippen molar-refractivity contribution in [2.45, 2.75) is 13.8 Å². The molecule has 0 N–H and O–H groups in total. The van der Waals surface area contributed by atoms with E-state index in [4.69, 9.17) is 21.2 Å². The highest BCUT2D eigenvalue weighted by Gasteiger charge is 2.31. The number of para-hydroxylation sites is 1. The molecule has 0 saturated carbocycles. The van der Waals surface area contributed by atoms with E-state index in [1.165, 1.54) is 40.3 Å². The number of benzene rings is 2. The Morgan fingerprint density at radius 2 is 1.84 bits per heavy atom. The van der Waals surface area contributed by atoms with Crippen LogP contribution in [-0.2, 0) is 16.6 Å². The number of nitro benzene ring substituents is 1. The largest absolute Gasteiger partial charge is 0.448 e. The van der Waals surface area contributed by atoms with Crippen LogP contribution in [0.15, 0.2) is 59.8 Å². The van der Waals surface area contributed by atoms with Crippen molar-refractivity contribution in [3.05, 3.63) is 64.7 Å². The molecular weight excluding hydrogens is 491 g/mol. The molecule has 0 aliphatic heterocycles. The molecule has 0 bridgehead atoms. The van der Waals surface area contributed by atoms with Crippen LogP contribution >= 0.6 is 30.3 Å². The summed E-state index contributed by atoms with van der Waals surface area (Å²) in [5, 5.41) is 15.3. The Kier molecular flexibility index (Phi) is 9.83. The van der Waals surface area contributed by atoms with Crippen molar-refractivity contribution in [3.8, 4) is 5.75 Å². The van der Waals surface area contributed by atoms with Crippen LogP contribution in [0.1, 0.15) is 13.8 Å². The predicted molar refractivity (Wildman–Crippen MR) is 136 cm³/mol. The molecule has 0 aliphatic rings. The van der Waals surface area contributed by atoms with Gasteiger partial charge in [0.2, 0.25) is 6.42 Å². The predicted octanol–water partition coefficient (Wildman–Crippen LogP) is 6.14. The molecule has 0 aromatic heterocycles. The topological polar surface area (TPSA) is 97.5 Å². The van der Waals surface area contributed by atoms with E-state index in [9.17, 15) is 14.9 Å². The maximum absolute atomic E-state index is 12.4. The van der Waals surface area contributed by atoms with Gasteiger partial charge >= 0.3 is 6.09 Å². The normalized spacial score (nSPS) is 13.1. The lowest BCUT2D eigenvalue weighted by Gasteiger charge is -2.35. The van der Waals surface area contributed by atoms with Gasteiger partial charge in [-0.25, -0.2) is 13.2 Å². The molecule has 9 nitrogen and oxygen atoms in total. The maximum Gasteiger partial charge on any atom is 0.447 e. The van der Waals surface area contributed by atoms with Crippen LogP contribution in [0.25, 0.3) is 0 Å². The number of rotatable bonds is 9. The second-order valence-electron chi connectivity index (χ2n) is 6.16. The molecule has 2 rings (SSSR count). The fraction of sp³-hybridized carbons (Fsp3) is 0.263. The molecule has 0 saturated heterocycles. The Labute approximate surface area is 200 Å². The van der Waals surface area contributed by atoms with Crippen molar-refractivity contribution in [1.29, 1.82) is 0 Å². The molecule has 2 aromatic rings. The Morgan fingerprint density at radius 1 is 1.22 bits per heavy atom. The van der Waals surface area contributed by atoms with Crippen molar-refractivity contribution < 1.29 is 19.1 Å². The van der Waals surface area contributed by atoms with Crippen molar-refractivity contribution in [2.24, 2.45) is 5.16 Å². The summed E-state index contributed by atoms with van der Waals surface area (Å²) in [6, 6.07) is 15.1. The zero-order valence-electron chi connectivity index (χ0n) is 17.9. The quantitative estimate of drug-likeness (QED) is 0.0743. The number of carbonyl (C=O) groups excluding carboxylic acids is 1. The molecule has 0 spiro atoms. The molecule has 13 heteroatoms. The molecule has 172 valence electrons. The van der Waals surface area contributed by atoms with E-state index in [1.54, 1.807) is 18.0 Å². The van der Waals surface area contributed by atoms with Crippen molar-refractivity contribution in [3.63, 3.8) is 0 Å². The number of amides is 1. The Balaban J connectivity index is 2.32. The molecule has 0 heterocycles. The summed E-state index contributed by atoms with van der Waals surface area (Å²) < 4.78 is 9.25. The van der Waals surface area contributed by atoms with E-state index in [0.29, 0.717) is 17.0 Å². The van der Waals surface area contributed by atoms with E-state index in [0.717, 1.165) is 17.8 Å². The third-order valence-electron chi connectivity index (χ3n) is 3.95. The first kappa shape index (κ1) is 26.0. The van der Waals surface area contributed by atoms with Gasteiger partial charge in [-0.2, -0.15) is 0 Å². The lowest BCUT2D eigenvalue weighted by molar-refractivity contribution is -0.384.